The van der Waals surface area contributed by atoms with Crippen LogP contribution in [0.1, 0.15) is 49.3 Å². The van der Waals surface area contributed by atoms with Crippen LogP contribution < -0.4 is 0 Å². The molecule has 0 aromatic heterocycles. The number of aromatic hydroxyl groups is 2. The Morgan fingerprint density at radius 2 is 1.68 bits per heavy atom. The Labute approximate surface area is 167 Å². The van der Waals surface area contributed by atoms with Crippen LogP contribution in [0, 0.1) is 5.92 Å². The van der Waals surface area contributed by atoms with Gasteiger partial charge in [0.1, 0.15) is 0 Å². The zero-order chi connectivity index (χ0) is 19.5. The van der Waals surface area contributed by atoms with Gasteiger partial charge in [-0.05, 0) is 30.4 Å². The minimum Gasteiger partial charge on any atom is -0.504 e. The summed E-state index contributed by atoms with van der Waals surface area (Å²) >= 11 is 0. The molecule has 0 radical (unpaired) electrons. The van der Waals surface area contributed by atoms with E-state index in [-0.39, 0.29) is 30.3 Å². The van der Waals surface area contributed by atoms with E-state index >= 15 is 0 Å². The smallest absolute Gasteiger partial charge is 0.161 e. The summed E-state index contributed by atoms with van der Waals surface area (Å²) in [6.45, 7) is 5.63. The quantitative estimate of drug-likeness (QED) is 0.670. The first kappa shape index (κ1) is 20.0. The molecule has 1 saturated heterocycles. The van der Waals surface area contributed by atoms with Gasteiger partial charge in [0.25, 0.3) is 0 Å². The van der Waals surface area contributed by atoms with Crippen LogP contribution >= 0.6 is 0 Å². The molecule has 6 nitrogen and oxygen atoms in total. The number of piperazine rings is 1. The Morgan fingerprint density at radius 3 is 2.39 bits per heavy atom. The van der Waals surface area contributed by atoms with E-state index in [4.69, 9.17) is 9.84 Å². The van der Waals surface area contributed by atoms with Gasteiger partial charge in [0.05, 0.1) is 18.8 Å². The molecule has 3 aliphatic rings. The number of nitrogens with zero attached hydrogens (tertiary/aromatic N) is 2. The highest BCUT2D eigenvalue weighted by Crippen LogP contribution is 2.43. The van der Waals surface area contributed by atoms with Crippen LogP contribution in [0.15, 0.2) is 12.1 Å². The standard InChI is InChI=1S/C22H34N2O4/c25-13-12-23-8-10-24(11-9-23)15-21-17-6-7-19(26)22(27)18(17)14-20(28-21)16-4-2-1-3-5-16/h6-7,16,20-21,25-27H,1-5,8-15H2. The molecule has 3 N–H and O–H groups in total. The van der Waals surface area contributed by atoms with Gasteiger partial charge >= 0.3 is 0 Å². The molecule has 1 saturated carbocycles. The van der Waals surface area contributed by atoms with Crippen LogP contribution in [0.3, 0.4) is 0 Å². The number of fused-ring (bicyclic) bond motifs is 1. The second-order valence-corrected chi connectivity index (χ2v) is 8.63. The highest BCUT2D eigenvalue weighted by Gasteiger charge is 2.36. The topological polar surface area (TPSA) is 76.4 Å². The van der Waals surface area contributed by atoms with E-state index in [2.05, 4.69) is 9.80 Å². The minimum atomic E-state index is -0.0634. The van der Waals surface area contributed by atoms with Gasteiger partial charge in [0.15, 0.2) is 11.5 Å². The first-order valence-electron chi connectivity index (χ1n) is 10.9. The summed E-state index contributed by atoms with van der Waals surface area (Å²) in [6, 6.07) is 3.51. The summed E-state index contributed by atoms with van der Waals surface area (Å²) in [5.41, 5.74) is 1.91. The molecule has 0 bridgehead atoms. The molecule has 28 heavy (non-hydrogen) atoms. The predicted octanol–water partition coefficient (Wildman–Crippen LogP) is 2.27. The monoisotopic (exact) mass is 390 g/mol. The number of hydrogen-bond donors (Lipinski definition) is 3. The SMILES string of the molecule is OCCN1CCN(CC2OC(C3CCCCC3)Cc3c2ccc(O)c3O)CC1. The Hall–Kier alpha value is -1.34. The van der Waals surface area contributed by atoms with E-state index in [0.717, 1.165) is 50.4 Å². The van der Waals surface area contributed by atoms with E-state index in [0.29, 0.717) is 12.3 Å². The first-order valence-corrected chi connectivity index (χ1v) is 10.9. The third kappa shape index (κ3) is 4.30. The third-order valence-corrected chi connectivity index (χ3v) is 6.87. The number of β-amino-alcohol motifs (C(OH)–C–C–N with tert-alkyl or cyclic N) is 1. The van der Waals surface area contributed by atoms with Crippen LogP contribution in [0.2, 0.25) is 0 Å². The van der Waals surface area contributed by atoms with Crippen molar-refractivity contribution in [3.8, 4) is 11.5 Å². The first-order chi connectivity index (χ1) is 13.7. The molecule has 1 aromatic carbocycles. The largest absolute Gasteiger partial charge is 0.504 e. The van der Waals surface area contributed by atoms with Crippen LogP contribution in [0.5, 0.6) is 11.5 Å². The number of aliphatic hydroxyl groups is 1. The number of hydrogen-bond acceptors (Lipinski definition) is 6. The van der Waals surface area contributed by atoms with Gasteiger partial charge in [0.2, 0.25) is 0 Å². The Kier molecular flexibility index (Phi) is 6.41. The lowest BCUT2D eigenvalue weighted by Crippen LogP contribution is -2.49. The molecule has 2 fully saturated rings. The number of phenolic OH excluding ortho intramolecular Hbond substituents is 2. The van der Waals surface area contributed by atoms with E-state index in [9.17, 15) is 10.2 Å². The van der Waals surface area contributed by atoms with Crippen molar-refractivity contribution in [1.29, 1.82) is 0 Å². The van der Waals surface area contributed by atoms with Gasteiger partial charge in [-0.2, -0.15) is 0 Å². The fraction of sp³-hybridized carbons (Fsp3) is 0.727. The number of ether oxygens (including phenoxy) is 1. The molecule has 0 amide bonds. The summed E-state index contributed by atoms with van der Waals surface area (Å²) < 4.78 is 6.64. The number of benzene rings is 1. The maximum absolute atomic E-state index is 10.5. The average molecular weight is 391 g/mol. The lowest BCUT2D eigenvalue weighted by atomic mass is 9.80. The number of rotatable bonds is 5. The summed E-state index contributed by atoms with van der Waals surface area (Å²) in [6.07, 6.45) is 7.00. The molecule has 1 aliphatic carbocycles. The van der Waals surface area contributed by atoms with Crippen LogP contribution in [-0.4, -0.2) is 77.1 Å². The molecule has 156 valence electrons. The Morgan fingerprint density at radius 1 is 0.964 bits per heavy atom. The fourth-order valence-corrected chi connectivity index (χ4v) is 5.19. The lowest BCUT2D eigenvalue weighted by molar-refractivity contribution is -0.0783. The molecule has 2 unspecified atom stereocenters. The van der Waals surface area contributed by atoms with Crippen LogP contribution in [-0.2, 0) is 11.2 Å². The zero-order valence-electron chi connectivity index (χ0n) is 16.7. The highest BCUT2D eigenvalue weighted by molar-refractivity contribution is 5.51. The lowest BCUT2D eigenvalue weighted by Gasteiger charge is -2.41. The number of aliphatic hydroxyl groups excluding tert-OH is 1. The molecule has 2 atom stereocenters. The number of phenols is 2. The summed E-state index contributed by atoms with van der Waals surface area (Å²) in [5, 5.41) is 29.7. The molecule has 4 rings (SSSR count). The van der Waals surface area contributed by atoms with Crippen molar-refractivity contribution in [3.63, 3.8) is 0 Å². The van der Waals surface area contributed by atoms with E-state index < -0.39 is 0 Å². The molecular formula is C22H34N2O4. The van der Waals surface area contributed by atoms with Crippen molar-refractivity contribution < 1.29 is 20.1 Å². The van der Waals surface area contributed by atoms with Crippen molar-refractivity contribution in [2.75, 3.05) is 45.9 Å². The van der Waals surface area contributed by atoms with Gasteiger partial charge in [-0.25, -0.2) is 0 Å². The molecule has 2 aliphatic heterocycles. The van der Waals surface area contributed by atoms with Crippen molar-refractivity contribution in [2.24, 2.45) is 5.92 Å². The molecule has 6 heteroatoms. The Bertz CT molecular complexity index is 654. The maximum Gasteiger partial charge on any atom is 0.161 e. The van der Waals surface area contributed by atoms with Gasteiger partial charge < -0.3 is 20.1 Å². The van der Waals surface area contributed by atoms with Gasteiger partial charge in [0, 0.05) is 51.3 Å². The fourth-order valence-electron chi connectivity index (χ4n) is 5.19. The van der Waals surface area contributed by atoms with Crippen LogP contribution in [0.25, 0.3) is 0 Å². The average Bonchev–Trinajstić information content (AvgIpc) is 2.73. The molecular weight excluding hydrogens is 356 g/mol. The zero-order valence-corrected chi connectivity index (χ0v) is 16.7. The molecule has 1 aromatic rings. The Balaban J connectivity index is 1.50. The van der Waals surface area contributed by atoms with E-state index in [1.165, 1.54) is 32.1 Å². The van der Waals surface area contributed by atoms with Gasteiger partial charge in [-0.1, -0.05) is 25.3 Å². The third-order valence-electron chi connectivity index (χ3n) is 6.87. The van der Waals surface area contributed by atoms with Crippen molar-refractivity contribution >= 4 is 0 Å². The van der Waals surface area contributed by atoms with Gasteiger partial charge in [-0.3, -0.25) is 9.80 Å². The molecule has 0 spiro atoms. The second-order valence-electron chi connectivity index (χ2n) is 8.63. The van der Waals surface area contributed by atoms with Crippen molar-refractivity contribution in [3.05, 3.63) is 23.3 Å². The summed E-state index contributed by atoms with van der Waals surface area (Å²) in [5.74, 6) is 0.561. The normalized spacial score (nSPS) is 27.6. The van der Waals surface area contributed by atoms with Crippen molar-refractivity contribution in [1.82, 2.24) is 9.80 Å². The maximum atomic E-state index is 10.5. The second kappa shape index (κ2) is 8.99. The van der Waals surface area contributed by atoms with Gasteiger partial charge in [-0.15, -0.1) is 0 Å². The summed E-state index contributed by atoms with van der Waals surface area (Å²) in [7, 11) is 0. The van der Waals surface area contributed by atoms with Crippen molar-refractivity contribution in [2.45, 2.75) is 50.7 Å². The predicted molar refractivity (Wildman–Crippen MR) is 108 cm³/mol. The minimum absolute atomic E-state index is 0.0283. The van der Waals surface area contributed by atoms with Crippen LogP contribution in [0.4, 0.5) is 0 Å². The summed E-state index contributed by atoms with van der Waals surface area (Å²) in [4.78, 5) is 4.72. The molecule has 2 heterocycles. The highest BCUT2D eigenvalue weighted by atomic mass is 16.5. The van der Waals surface area contributed by atoms with E-state index in [1.807, 2.05) is 6.07 Å². The van der Waals surface area contributed by atoms with E-state index in [1.54, 1.807) is 6.07 Å².